The quantitative estimate of drug-likeness (QED) is 0.543. The summed E-state index contributed by atoms with van der Waals surface area (Å²) >= 11 is 0. The molecular formula is C26H38O3. The number of carbonyl (C=O) groups is 2. The number of carbonyl (C=O) groups excluding carboxylic acids is 2. The van der Waals surface area contributed by atoms with Crippen molar-refractivity contribution >= 4 is 11.8 Å². The average molecular weight is 399 g/mol. The molecule has 0 heterocycles. The van der Waals surface area contributed by atoms with E-state index in [0.29, 0.717) is 28.4 Å². The Hall–Kier alpha value is -0.860. The molecule has 29 heavy (non-hydrogen) atoms. The van der Waals surface area contributed by atoms with Gasteiger partial charge in [0.25, 0.3) is 0 Å². The van der Waals surface area contributed by atoms with Crippen LogP contribution in [0.25, 0.3) is 0 Å². The number of fused-ring (bicyclic) bond motifs is 6. The fraction of sp³-hybridized carbons (Fsp3) is 0.923. The molecule has 0 aliphatic heterocycles. The second kappa shape index (κ2) is 5.88. The zero-order valence-electron chi connectivity index (χ0n) is 18.5. The van der Waals surface area contributed by atoms with Crippen LogP contribution in [0, 0.1) is 51.8 Å². The number of rotatable bonds is 1. The SMILES string of the molecule is CC(=O)O[C@H]1CC[C@H]2[C@@H]3CC[C@]45C6CCCC6[C@@H]4C(=O)CC[C@]5(C)[C@H]3CC[C@]12C. The summed E-state index contributed by atoms with van der Waals surface area (Å²) < 4.78 is 5.83. The van der Waals surface area contributed by atoms with Crippen LogP contribution in [0.5, 0.6) is 0 Å². The molecule has 0 amide bonds. The first-order valence-electron chi connectivity index (χ1n) is 12.5. The minimum atomic E-state index is -0.107. The Morgan fingerprint density at radius 3 is 2.52 bits per heavy atom. The van der Waals surface area contributed by atoms with Gasteiger partial charge >= 0.3 is 5.97 Å². The van der Waals surface area contributed by atoms with Crippen LogP contribution < -0.4 is 0 Å². The summed E-state index contributed by atoms with van der Waals surface area (Å²) in [6.07, 6.45) is 13.6. The Kier molecular flexibility index (Phi) is 3.83. The molecule has 6 fully saturated rings. The number of ether oxygens (including phenoxy) is 1. The Labute approximate surface area is 175 Å². The van der Waals surface area contributed by atoms with Gasteiger partial charge in [-0.3, -0.25) is 9.59 Å². The molecule has 0 saturated heterocycles. The summed E-state index contributed by atoms with van der Waals surface area (Å²) in [6, 6.07) is 0. The zero-order valence-corrected chi connectivity index (χ0v) is 18.5. The van der Waals surface area contributed by atoms with Crippen molar-refractivity contribution in [3.05, 3.63) is 0 Å². The first-order chi connectivity index (χ1) is 13.8. The fourth-order valence-electron chi connectivity index (χ4n) is 11.0. The Bertz CT molecular complexity index is 759. The highest BCUT2D eigenvalue weighted by Crippen LogP contribution is 2.80. The topological polar surface area (TPSA) is 43.4 Å². The van der Waals surface area contributed by atoms with Crippen LogP contribution in [0.1, 0.15) is 91.4 Å². The van der Waals surface area contributed by atoms with Crippen molar-refractivity contribution in [1.82, 2.24) is 0 Å². The maximum absolute atomic E-state index is 13.1. The number of ketones is 1. The van der Waals surface area contributed by atoms with E-state index < -0.39 is 0 Å². The van der Waals surface area contributed by atoms with Gasteiger partial charge in [-0.25, -0.2) is 0 Å². The molecule has 6 aliphatic carbocycles. The van der Waals surface area contributed by atoms with E-state index in [1.807, 2.05) is 0 Å². The normalized spacial score (nSPS) is 57.6. The van der Waals surface area contributed by atoms with E-state index in [9.17, 15) is 9.59 Å². The predicted octanol–water partition coefficient (Wildman–Crippen LogP) is 5.56. The number of hydrogen-bond acceptors (Lipinski definition) is 3. The van der Waals surface area contributed by atoms with Crippen LogP contribution >= 0.6 is 0 Å². The summed E-state index contributed by atoms with van der Waals surface area (Å²) in [4.78, 5) is 24.8. The zero-order chi connectivity index (χ0) is 20.2. The van der Waals surface area contributed by atoms with E-state index in [0.717, 1.165) is 42.9 Å². The van der Waals surface area contributed by atoms with Crippen LogP contribution in [0.3, 0.4) is 0 Å². The molecule has 1 spiro atoms. The lowest BCUT2D eigenvalue weighted by Crippen LogP contribution is -2.72. The van der Waals surface area contributed by atoms with Crippen LogP contribution in [0.4, 0.5) is 0 Å². The third kappa shape index (κ3) is 2.07. The summed E-state index contributed by atoms with van der Waals surface area (Å²) in [6.45, 7) is 6.62. The highest BCUT2D eigenvalue weighted by molar-refractivity contribution is 5.85. The van der Waals surface area contributed by atoms with Crippen LogP contribution in [0.15, 0.2) is 0 Å². The van der Waals surface area contributed by atoms with Gasteiger partial charge in [-0.1, -0.05) is 20.3 Å². The Morgan fingerprint density at radius 1 is 0.897 bits per heavy atom. The maximum Gasteiger partial charge on any atom is 0.302 e. The van der Waals surface area contributed by atoms with E-state index in [4.69, 9.17) is 4.74 Å². The van der Waals surface area contributed by atoms with Gasteiger partial charge in [0.05, 0.1) is 0 Å². The number of Topliss-reactive ketones (excluding diaryl/α,β-unsaturated/α-hetero) is 1. The van der Waals surface area contributed by atoms with E-state index in [1.165, 1.54) is 51.4 Å². The van der Waals surface area contributed by atoms with E-state index >= 15 is 0 Å². The molecule has 0 bridgehead atoms. The molecule has 3 heteroatoms. The minimum absolute atomic E-state index is 0.107. The highest BCUT2D eigenvalue weighted by atomic mass is 16.5. The molecule has 2 unspecified atom stereocenters. The molecule has 6 aliphatic rings. The van der Waals surface area contributed by atoms with Crippen molar-refractivity contribution in [2.24, 2.45) is 51.8 Å². The monoisotopic (exact) mass is 398 g/mol. The lowest BCUT2D eigenvalue weighted by molar-refractivity contribution is -0.266. The van der Waals surface area contributed by atoms with Gasteiger partial charge in [0.15, 0.2) is 0 Å². The van der Waals surface area contributed by atoms with Crippen molar-refractivity contribution in [1.29, 1.82) is 0 Å². The second-order valence-electron chi connectivity index (χ2n) is 12.2. The summed E-state index contributed by atoms with van der Waals surface area (Å²) in [5.74, 6) is 4.75. The van der Waals surface area contributed by atoms with E-state index in [1.54, 1.807) is 6.92 Å². The first-order valence-corrected chi connectivity index (χ1v) is 12.5. The molecule has 0 aromatic rings. The molecule has 0 aromatic carbocycles. The van der Waals surface area contributed by atoms with E-state index in [2.05, 4.69) is 13.8 Å². The van der Waals surface area contributed by atoms with Gasteiger partial charge in [-0.2, -0.15) is 0 Å². The van der Waals surface area contributed by atoms with Crippen molar-refractivity contribution in [3.8, 4) is 0 Å². The lowest BCUT2D eigenvalue weighted by Gasteiger charge is -2.75. The molecule has 3 nitrogen and oxygen atoms in total. The predicted molar refractivity (Wildman–Crippen MR) is 111 cm³/mol. The molecule has 0 N–H and O–H groups in total. The van der Waals surface area contributed by atoms with Gasteiger partial charge in [0.2, 0.25) is 0 Å². The van der Waals surface area contributed by atoms with Crippen molar-refractivity contribution in [2.75, 3.05) is 0 Å². The third-order valence-corrected chi connectivity index (χ3v) is 11.9. The van der Waals surface area contributed by atoms with Crippen LogP contribution in [0.2, 0.25) is 0 Å². The van der Waals surface area contributed by atoms with Gasteiger partial charge in [0.1, 0.15) is 11.9 Å². The standard InChI is InChI=1S/C26H38O3/c1-15(27)29-22-8-7-18-16-9-14-26-20-6-4-5-17(20)23(26)21(28)11-13-25(26,3)19(16)10-12-24(18,22)2/h16-20,22-23H,4-14H2,1-3H3/t16-,17?,18-,19-,20?,22-,23+,24-,25+,26-/m0/s1. The molecule has 10 atom stereocenters. The number of hydrogen-bond donors (Lipinski definition) is 0. The molecule has 6 rings (SSSR count). The second-order valence-corrected chi connectivity index (χ2v) is 12.2. The molecule has 160 valence electrons. The summed E-state index contributed by atoms with van der Waals surface area (Å²) in [5.41, 5.74) is 0.875. The average Bonchev–Trinajstić information content (AvgIpc) is 3.22. The van der Waals surface area contributed by atoms with Crippen molar-refractivity contribution in [3.63, 3.8) is 0 Å². The number of esters is 1. The molecule has 0 aromatic heterocycles. The maximum atomic E-state index is 13.1. The Morgan fingerprint density at radius 2 is 1.72 bits per heavy atom. The fourth-order valence-corrected chi connectivity index (χ4v) is 11.0. The van der Waals surface area contributed by atoms with Gasteiger partial charge in [0, 0.05) is 24.7 Å². The first kappa shape index (κ1) is 18.9. The lowest BCUT2D eigenvalue weighted by atomic mass is 9.28. The van der Waals surface area contributed by atoms with E-state index in [-0.39, 0.29) is 17.5 Å². The molecular weight excluding hydrogens is 360 g/mol. The highest BCUT2D eigenvalue weighted by Gasteiger charge is 2.76. The van der Waals surface area contributed by atoms with Crippen LogP contribution in [-0.2, 0) is 14.3 Å². The van der Waals surface area contributed by atoms with Crippen molar-refractivity contribution < 1.29 is 14.3 Å². The van der Waals surface area contributed by atoms with Gasteiger partial charge in [-0.15, -0.1) is 0 Å². The summed E-state index contributed by atoms with van der Waals surface area (Å²) in [7, 11) is 0. The minimum Gasteiger partial charge on any atom is -0.462 e. The molecule has 0 radical (unpaired) electrons. The Balaban J connectivity index is 1.35. The van der Waals surface area contributed by atoms with Gasteiger partial charge in [-0.05, 0) is 98.2 Å². The third-order valence-electron chi connectivity index (χ3n) is 11.9. The van der Waals surface area contributed by atoms with Crippen LogP contribution in [-0.4, -0.2) is 17.9 Å². The molecule has 6 saturated carbocycles. The summed E-state index contributed by atoms with van der Waals surface area (Å²) in [5, 5.41) is 0. The smallest absolute Gasteiger partial charge is 0.302 e. The van der Waals surface area contributed by atoms with Crippen molar-refractivity contribution in [2.45, 2.75) is 97.5 Å². The van der Waals surface area contributed by atoms with Gasteiger partial charge < -0.3 is 4.74 Å². The largest absolute Gasteiger partial charge is 0.462 e.